The van der Waals surface area contributed by atoms with Crippen molar-refractivity contribution in [2.45, 2.75) is 19.1 Å². The van der Waals surface area contributed by atoms with Crippen LogP contribution in [0.1, 0.15) is 23.7 Å². The maximum atomic E-state index is 10.2. The van der Waals surface area contributed by atoms with Crippen molar-refractivity contribution >= 4 is 15.9 Å². The lowest BCUT2D eigenvalue weighted by atomic mass is 10.1. The van der Waals surface area contributed by atoms with E-state index in [1.807, 2.05) is 37.4 Å². The van der Waals surface area contributed by atoms with Gasteiger partial charge >= 0.3 is 0 Å². The van der Waals surface area contributed by atoms with E-state index in [0.717, 1.165) is 28.7 Å². The number of hydrogen-bond donors (Lipinski definition) is 1. The summed E-state index contributed by atoms with van der Waals surface area (Å²) < 4.78 is 6.04. The minimum atomic E-state index is -0.427. The topological polar surface area (TPSA) is 36.6 Å². The van der Waals surface area contributed by atoms with E-state index < -0.39 is 6.10 Å². The fourth-order valence-corrected chi connectivity index (χ4v) is 2.41. The molecular formula is C15H18BrNO2. The number of halogens is 1. The van der Waals surface area contributed by atoms with Gasteiger partial charge in [-0.15, -0.1) is 0 Å². The van der Waals surface area contributed by atoms with Gasteiger partial charge in [-0.25, -0.2) is 0 Å². The Balaban J connectivity index is 1.81. The minimum Gasteiger partial charge on any atom is -0.472 e. The van der Waals surface area contributed by atoms with Gasteiger partial charge in [0.1, 0.15) is 0 Å². The van der Waals surface area contributed by atoms with Gasteiger partial charge in [-0.05, 0) is 37.2 Å². The summed E-state index contributed by atoms with van der Waals surface area (Å²) in [5.74, 6) is 0. The van der Waals surface area contributed by atoms with Crippen molar-refractivity contribution in [1.29, 1.82) is 0 Å². The van der Waals surface area contributed by atoms with Crippen molar-refractivity contribution in [2.24, 2.45) is 0 Å². The van der Waals surface area contributed by atoms with Crippen LogP contribution in [0.4, 0.5) is 0 Å². The van der Waals surface area contributed by atoms with Crippen LogP contribution in [0, 0.1) is 0 Å². The van der Waals surface area contributed by atoms with Crippen molar-refractivity contribution in [3.05, 3.63) is 58.5 Å². The van der Waals surface area contributed by atoms with Gasteiger partial charge in [0.25, 0.3) is 0 Å². The molecule has 1 N–H and O–H groups in total. The molecule has 0 bridgehead atoms. The second-order valence-corrected chi connectivity index (χ2v) is 5.64. The average molecular weight is 324 g/mol. The molecule has 0 fully saturated rings. The van der Waals surface area contributed by atoms with Gasteiger partial charge in [-0.3, -0.25) is 0 Å². The van der Waals surface area contributed by atoms with Gasteiger partial charge in [0.05, 0.1) is 18.6 Å². The SMILES string of the molecule is CN(CCC(O)c1cccc(Br)c1)Cc1ccoc1. The second-order valence-electron chi connectivity index (χ2n) is 4.73. The largest absolute Gasteiger partial charge is 0.472 e. The van der Waals surface area contributed by atoms with Crippen LogP contribution < -0.4 is 0 Å². The van der Waals surface area contributed by atoms with Crippen molar-refractivity contribution < 1.29 is 9.52 Å². The molecule has 1 aromatic heterocycles. The predicted molar refractivity (Wildman–Crippen MR) is 78.8 cm³/mol. The van der Waals surface area contributed by atoms with Crippen molar-refractivity contribution in [3.8, 4) is 0 Å². The Labute approximate surface area is 122 Å². The van der Waals surface area contributed by atoms with Crippen LogP contribution in [0.25, 0.3) is 0 Å². The lowest BCUT2D eigenvalue weighted by Gasteiger charge is -2.18. The molecule has 0 spiro atoms. The molecule has 102 valence electrons. The molecule has 3 nitrogen and oxygen atoms in total. The number of furan rings is 1. The smallest absolute Gasteiger partial charge is 0.0947 e. The maximum Gasteiger partial charge on any atom is 0.0947 e. The lowest BCUT2D eigenvalue weighted by molar-refractivity contribution is 0.147. The molecule has 0 aliphatic heterocycles. The summed E-state index contributed by atoms with van der Waals surface area (Å²) in [6.07, 6.45) is 3.72. The third-order valence-corrected chi connectivity index (χ3v) is 3.54. The molecule has 2 rings (SSSR count). The summed E-state index contributed by atoms with van der Waals surface area (Å²) >= 11 is 3.42. The molecule has 4 heteroatoms. The maximum absolute atomic E-state index is 10.2. The Bertz CT molecular complexity index is 499. The summed E-state index contributed by atoms with van der Waals surface area (Å²) in [4.78, 5) is 2.17. The summed E-state index contributed by atoms with van der Waals surface area (Å²) in [5.41, 5.74) is 2.10. The highest BCUT2D eigenvalue weighted by Crippen LogP contribution is 2.21. The Morgan fingerprint density at radius 1 is 1.37 bits per heavy atom. The van der Waals surface area contributed by atoms with E-state index in [1.54, 1.807) is 12.5 Å². The van der Waals surface area contributed by atoms with Gasteiger partial charge in [0.15, 0.2) is 0 Å². The zero-order chi connectivity index (χ0) is 13.7. The zero-order valence-corrected chi connectivity index (χ0v) is 12.5. The van der Waals surface area contributed by atoms with E-state index in [9.17, 15) is 5.11 Å². The van der Waals surface area contributed by atoms with Gasteiger partial charge in [0.2, 0.25) is 0 Å². The molecule has 0 aliphatic carbocycles. The van der Waals surface area contributed by atoms with E-state index in [1.165, 1.54) is 0 Å². The molecule has 1 unspecified atom stereocenters. The van der Waals surface area contributed by atoms with E-state index in [-0.39, 0.29) is 0 Å². The Morgan fingerprint density at radius 3 is 2.89 bits per heavy atom. The number of aliphatic hydroxyl groups is 1. The van der Waals surface area contributed by atoms with Crippen molar-refractivity contribution in [3.63, 3.8) is 0 Å². The Kier molecular flexibility index (Phi) is 5.19. The highest BCUT2D eigenvalue weighted by Gasteiger charge is 2.09. The summed E-state index contributed by atoms with van der Waals surface area (Å²) in [7, 11) is 2.04. The number of rotatable bonds is 6. The average Bonchev–Trinajstić information content (AvgIpc) is 2.88. The number of aliphatic hydroxyl groups excluding tert-OH is 1. The number of benzene rings is 1. The first kappa shape index (κ1) is 14.3. The highest BCUT2D eigenvalue weighted by molar-refractivity contribution is 9.10. The zero-order valence-electron chi connectivity index (χ0n) is 10.9. The van der Waals surface area contributed by atoms with Crippen LogP contribution in [-0.4, -0.2) is 23.6 Å². The van der Waals surface area contributed by atoms with Gasteiger partial charge < -0.3 is 14.4 Å². The molecule has 1 heterocycles. The fourth-order valence-electron chi connectivity index (χ4n) is 2.00. The molecule has 0 aliphatic rings. The molecule has 19 heavy (non-hydrogen) atoms. The molecule has 0 saturated carbocycles. The Hall–Kier alpha value is -1.10. The Morgan fingerprint density at radius 2 is 2.21 bits per heavy atom. The number of hydrogen-bond acceptors (Lipinski definition) is 3. The standard InChI is InChI=1S/C15H18BrNO2/c1-17(10-12-6-8-19-11-12)7-5-15(18)13-3-2-4-14(16)9-13/h2-4,6,8-9,11,15,18H,5,7,10H2,1H3. The third-order valence-electron chi connectivity index (χ3n) is 3.05. The summed E-state index contributed by atoms with van der Waals surface area (Å²) in [5, 5.41) is 10.2. The first-order valence-electron chi connectivity index (χ1n) is 6.28. The van der Waals surface area contributed by atoms with E-state index >= 15 is 0 Å². The normalized spacial score (nSPS) is 12.8. The van der Waals surface area contributed by atoms with Crippen molar-refractivity contribution in [2.75, 3.05) is 13.6 Å². The second kappa shape index (κ2) is 6.89. The van der Waals surface area contributed by atoms with Crippen LogP contribution in [0.5, 0.6) is 0 Å². The van der Waals surface area contributed by atoms with Crippen molar-refractivity contribution in [1.82, 2.24) is 4.90 Å². The summed E-state index contributed by atoms with van der Waals surface area (Å²) in [6, 6.07) is 9.77. The lowest BCUT2D eigenvalue weighted by Crippen LogP contribution is -2.20. The molecule has 0 saturated heterocycles. The van der Waals surface area contributed by atoms with Crippen LogP contribution in [-0.2, 0) is 6.54 Å². The molecule has 2 aromatic rings. The molecular weight excluding hydrogens is 306 g/mol. The highest BCUT2D eigenvalue weighted by atomic mass is 79.9. The molecule has 0 radical (unpaired) electrons. The van der Waals surface area contributed by atoms with E-state index in [0.29, 0.717) is 6.42 Å². The van der Waals surface area contributed by atoms with Gasteiger partial charge in [-0.2, -0.15) is 0 Å². The quantitative estimate of drug-likeness (QED) is 0.882. The number of nitrogens with zero attached hydrogens (tertiary/aromatic N) is 1. The van der Waals surface area contributed by atoms with Crippen LogP contribution >= 0.6 is 15.9 Å². The fraction of sp³-hybridized carbons (Fsp3) is 0.333. The van der Waals surface area contributed by atoms with Crippen LogP contribution in [0.3, 0.4) is 0 Å². The summed E-state index contributed by atoms with van der Waals surface area (Å²) in [6.45, 7) is 1.67. The molecule has 0 amide bonds. The third kappa shape index (κ3) is 4.49. The minimum absolute atomic E-state index is 0.427. The monoisotopic (exact) mass is 323 g/mol. The first-order valence-corrected chi connectivity index (χ1v) is 7.07. The van der Waals surface area contributed by atoms with E-state index in [2.05, 4.69) is 20.8 Å². The van der Waals surface area contributed by atoms with Crippen LogP contribution in [0.15, 0.2) is 51.7 Å². The first-order chi connectivity index (χ1) is 9.15. The molecule has 1 aromatic carbocycles. The van der Waals surface area contributed by atoms with Crippen LogP contribution in [0.2, 0.25) is 0 Å². The molecule has 1 atom stereocenters. The van der Waals surface area contributed by atoms with E-state index in [4.69, 9.17) is 4.42 Å². The van der Waals surface area contributed by atoms with Gasteiger partial charge in [-0.1, -0.05) is 28.1 Å². The van der Waals surface area contributed by atoms with Gasteiger partial charge in [0, 0.05) is 23.1 Å². The predicted octanol–water partition coefficient (Wildman–Crippen LogP) is 3.60.